The van der Waals surface area contributed by atoms with Crippen molar-refractivity contribution < 1.29 is 13.6 Å². The molecule has 7 heteroatoms. The first-order chi connectivity index (χ1) is 7.59. The van der Waals surface area contributed by atoms with E-state index >= 15 is 0 Å². The van der Waals surface area contributed by atoms with Crippen LogP contribution < -0.4 is 0 Å². The number of halogens is 2. The van der Waals surface area contributed by atoms with Crippen LogP contribution in [0.15, 0.2) is 22.8 Å². The second kappa shape index (κ2) is 8.22. The lowest BCUT2D eigenvalue weighted by atomic mass is 10.4. The van der Waals surface area contributed by atoms with Crippen LogP contribution in [0.25, 0.3) is 0 Å². The second-order valence-corrected chi connectivity index (χ2v) is 6.04. The smallest absolute Gasteiger partial charge is 0.309 e. The van der Waals surface area contributed by atoms with Crippen molar-refractivity contribution in [3.05, 3.63) is 28.5 Å². The summed E-state index contributed by atoms with van der Waals surface area (Å²) in [6.07, 6.45) is 1.87. The number of rotatable bonds is 6. The molecule has 1 rings (SSSR count). The fourth-order valence-electron chi connectivity index (χ4n) is 1.22. The molecule has 0 fully saturated rings. The predicted octanol–water partition coefficient (Wildman–Crippen LogP) is 4.03. The molecule has 0 amide bonds. The van der Waals surface area contributed by atoms with Gasteiger partial charge in [0.05, 0.1) is 25.1 Å². The Labute approximate surface area is 116 Å². The van der Waals surface area contributed by atoms with Crippen molar-refractivity contribution >= 4 is 35.9 Å². The van der Waals surface area contributed by atoms with E-state index in [1.807, 2.05) is 6.07 Å². The van der Waals surface area contributed by atoms with Crippen molar-refractivity contribution in [3.8, 4) is 0 Å². The molecule has 0 aromatic carbocycles. The van der Waals surface area contributed by atoms with E-state index in [0.29, 0.717) is 18.9 Å². The van der Waals surface area contributed by atoms with Crippen LogP contribution in [0.4, 0.5) is 0 Å². The lowest BCUT2D eigenvalue weighted by molar-refractivity contribution is 0.219. The van der Waals surface area contributed by atoms with Gasteiger partial charge in [-0.1, -0.05) is 0 Å². The fraction of sp³-hybridized carbons (Fsp3) is 0.500. The monoisotopic (exact) mass is 343 g/mol. The summed E-state index contributed by atoms with van der Waals surface area (Å²) < 4.78 is 23.4. The molecule has 1 aromatic heterocycles. The van der Waals surface area contributed by atoms with Gasteiger partial charge in [0.25, 0.3) is 0 Å². The Hall–Kier alpha value is 0.0700. The summed E-state index contributed by atoms with van der Waals surface area (Å²) in [7, 11) is -3.03. The van der Waals surface area contributed by atoms with E-state index < -0.39 is 7.60 Å². The molecule has 0 saturated carbocycles. The molecule has 0 aliphatic carbocycles. The van der Waals surface area contributed by atoms with E-state index in [2.05, 4.69) is 20.9 Å². The summed E-state index contributed by atoms with van der Waals surface area (Å²) in [5, 5.41) is 0. The molecule has 0 N–H and O–H groups in total. The van der Waals surface area contributed by atoms with E-state index in [0.717, 1.165) is 4.47 Å². The van der Waals surface area contributed by atoms with Gasteiger partial charge in [-0.2, -0.15) is 0 Å². The molecule has 4 nitrogen and oxygen atoms in total. The standard InChI is InChI=1S/C10H15BrNO3P.ClH/c1-3-14-16(13,15-4-2)8-10-6-5-9(11)7-12-10;/h5-7H,3-4,8H2,1-2H3;1H. The van der Waals surface area contributed by atoms with Crippen LogP contribution in [-0.4, -0.2) is 18.2 Å². The Bertz CT molecular complexity index is 364. The molecule has 0 unspecified atom stereocenters. The molecule has 1 heterocycles. The van der Waals surface area contributed by atoms with Gasteiger partial charge in [0.15, 0.2) is 0 Å². The van der Waals surface area contributed by atoms with Crippen LogP contribution in [0.5, 0.6) is 0 Å². The molecule has 0 spiro atoms. The highest BCUT2D eigenvalue weighted by Crippen LogP contribution is 2.50. The van der Waals surface area contributed by atoms with Crippen molar-refractivity contribution in [3.63, 3.8) is 0 Å². The molecular formula is C10H16BrClNO3P. The van der Waals surface area contributed by atoms with Crippen molar-refractivity contribution in [2.45, 2.75) is 20.0 Å². The van der Waals surface area contributed by atoms with Crippen molar-refractivity contribution in [2.75, 3.05) is 13.2 Å². The van der Waals surface area contributed by atoms with Gasteiger partial charge in [-0.15, -0.1) is 12.4 Å². The van der Waals surface area contributed by atoms with Crippen molar-refractivity contribution in [2.24, 2.45) is 0 Å². The third kappa shape index (κ3) is 5.98. The first-order valence-corrected chi connectivity index (χ1v) is 7.60. The van der Waals surface area contributed by atoms with Crippen LogP contribution in [0, 0.1) is 0 Å². The van der Waals surface area contributed by atoms with E-state index in [1.165, 1.54) is 0 Å². The van der Waals surface area contributed by atoms with Crippen molar-refractivity contribution in [1.29, 1.82) is 0 Å². The topological polar surface area (TPSA) is 48.4 Å². The maximum Gasteiger partial charge on any atom is 0.336 e. The number of nitrogens with zero attached hydrogens (tertiary/aromatic N) is 1. The molecule has 17 heavy (non-hydrogen) atoms. The first-order valence-electron chi connectivity index (χ1n) is 5.08. The highest BCUT2D eigenvalue weighted by atomic mass is 79.9. The molecular weight excluding hydrogens is 328 g/mol. The van der Waals surface area contributed by atoms with Crippen LogP contribution >= 0.6 is 35.9 Å². The fourth-order valence-corrected chi connectivity index (χ4v) is 3.08. The van der Waals surface area contributed by atoms with Gasteiger partial charge >= 0.3 is 7.60 Å². The number of hydrogen-bond donors (Lipinski definition) is 0. The average Bonchev–Trinajstić information content (AvgIpc) is 2.22. The Balaban J connectivity index is 0.00000256. The maximum atomic E-state index is 12.2. The predicted molar refractivity (Wildman–Crippen MR) is 73.7 cm³/mol. The average molecular weight is 345 g/mol. The molecule has 0 saturated heterocycles. The highest BCUT2D eigenvalue weighted by Gasteiger charge is 2.24. The maximum absolute atomic E-state index is 12.2. The quantitative estimate of drug-likeness (QED) is 0.731. The summed E-state index contributed by atoms with van der Waals surface area (Å²) in [5.74, 6) is 0. The molecule has 0 aliphatic heterocycles. The molecule has 0 radical (unpaired) electrons. The largest absolute Gasteiger partial charge is 0.336 e. The summed E-state index contributed by atoms with van der Waals surface area (Å²) in [6.45, 7) is 4.32. The Kier molecular flexibility index (Phi) is 8.25. The zero-order valence-corrected chi connectivity index (χ0v) is 13.1. The van der Waals surface area contributed by atoms with E-state index in [-0.39, 0.29) is 18.6 Å². The van der Waals surface area contributed by atoms with Gasteiger partial charge in [-0.25, -0.2) is 0 Å². The lowest BCUT2D eigenvalue weighted by Gasteiger charge is -2.16. The van der Waals surface area contributed by atoms with Crippen LogP contribution in [0.3, 0.4) is 0 Å². The third-order valence-electron chi connectivity index (χ3n) is 1.80. The summed E-state index contributed by atoms with van der Waals surface area (Å²) in [6, 6.07) is 3.65. The van der Waals surface area contributed by atoms with Gasteiger partial charge < -0.3 is 9.05 Å². The minimum absolute atomic E-state index is 0. The van der Waals surface area contributed by atoms with Gasteiger partial charge in [0.2, 0.25) is 0 Å². The SMILES string of the molecule is CCOP(=O)(Cc1ccc(Br)cn1)OCC.Cl. The normalized spacial score (nSPS) is 11.0. The molecule has 1 aromatic rings. The molecule has 0 bridgehead atoms. The van der Waals surface area contributed by atoms with Crippen molar-refractivity contribution in [1.82, 2.24) is 4.98 Å². The van der Waals surface area contributed by atoms with Gasteiger partial charge in [-0.3, -0.25) is 9.55 Å². The minimum Gasteiger partial charge on any atom is -0.309 e. The highest BCUT2D eigenvalue weighted by molar-refractivity contribution is 9.10. The second-order valence-electron chi connectivity index (χ2n) is 3.07. The molecule has 98 valence electrons. The zero-order chi connectivity index (χ0) is 12.0. The van der Waals surface area contributed by atoms with Crippen LogP contribution in [0.1, 0.15) is 19.5 Å². The van der Waals surface area contributed by atoms with Crippen LogP contribution in [-0.2, 0) is 19.8 Å². The summed E-state index contributed by atoms with van der Waals surface area (Å²) in [5.41, 5.74) is 0.702. The van der Waals surface area contributed by atoms with Gasteiger partial charge in [0, 0.05) is 10.7 Å². The number of pyridine rings is 1. The van der Waals surface area contributed by atoms with Gasteiger partial charge in [0.1, 0.15) is 0 Å². The number of hydrogen-bond acceptors (Lipinski definition) is 4. The Morgan fingerprint density at radius 1 is 1.29 bits per heavy atom. The van der Waals surface area contributed by atoms with E-state index in [9.17, 15) is 4.57 Å². The summed E-state index contributed by atoms with van der Waals surface area (Å²) >= 11 is 3.29. The molecule has 0 aliphatic rings. The molecule has 0 atom stereocenters. The zero-order valence-electron chi connectivity index (χ0n) is 9.76. The number of aromatic nitrogens is 1. The van der Waals surface area contributed by atoms with Gasteiger partial charge in [-0.05, 0) is 41.9 Å². The Morgan fingerprint density at radius 3 is 2.29 bits per heavy atom. The third-order valence-corrected chi connectivity index (χ3v) is 4.28. The minimum atomic E-state index is -3.03. The first kappa shape index (κ1) is 17.1. The van der Waals surface area contributed by atoms with Crippen LogP contribution in [0.2, 0.25) is 0 Å². The lowest BCUT2D eigenvalue weighted by Crippen LogP contribution is -2.00. The van der Waals surface area contributed by atoms with E-state index in [4.69, 9.17) is 9.05 Å². The Morgan fingerprint density at radius 2 is 1.88 bits per heavy atom. The summed E-state index contributed by atoms with van der Waals surface area (Å²) in [4.78, 5) is 4.15. The van der Waals surface area contributed by atoms with E-state index in [1.54, 1.807) is 26.1 Å².